The second kappa shape index (κ2) is 5.48. The Balaban J connectivity index is 3.36. The number of ether oxygens (including phenoxy) is 3. The number of hydrogen-bond acceptors (Lipinski definition) is 5. The van der Waals surface area contributed by atoms with Gasteiger partial charge < -0.3 is 14.2 Å². The Morgan fingerprint density at radius 3 is 2.32 bits per heavy atom. The zero-order valence-corrected chi connectivity index (χ0v) is 9.87. The monoisotopic (exact) mass is 275 g/mol. The molecule has 1 aromatic carbocycles. The number of rotatable bonds is 3. The Morgan fingerprint density at radius 1 is 1.26 bits per heavy atom. The lowest BCUT2D eigenvalue weighted by molar-refractivity contribution is -0.274. The summed E-state index contributed by atoms with van der Waals surface area (Å²) in [5.41, 5.74) is -0.630. The van der Waals surface area contributed by atoms with Gasteiger partial charge in [-0.3, -0.25) is 0 Å². The van der Waals surface area contributed by atoms with Crippen molar-refractivity contribution >= 4 is 5.97 Å². The van der Waals surface area contributed by atoms with Crippen LogP contribution in [0.2, 0.25) is 0 Å². The van der Waals surface area contributed by atoms with Crippen LogP contribution in [0.4, 0.5) is 13.2 Å². The smallest absolute Gasteiger partial charge is 0.496 e. The summed E-state index contributed by atoms with van der Waals surface area (Å²) < 4.78 is 49.3. The van der Waals surface area contributed by atoms with E-state index in [1.54, 1.807) is 0 Å². The van der Waals surface area contributed by atoms with E-state index in [1.165, 1.54) is 6.07 Å². The topological polar surface area (TPSA) is 68.6 Å². The van der Waals surface area contributed by atoms with E-state index in [0.717, 1.165) is 26.4 Å². The third-order valence-electron chi connectivity index (χ3n) is 2.05. The van der Waals surface area contributed by atoms with Crippen molar-refractivity contribution < 1.29 is 32.2 Å². The maximum Gasteiger partial charge on any atom is 0.573 e. The van der Waals surface area contributed by atoms with E-state index in [4.69, 9.17) is 10.00 Å². The molecule has 0 spiro atoms. The molecule has 19 heavy (non-hydrogen) atoms. The van der Waals surface area contributed by atoms with Crippen molar-refractivity contribution in [1.29, 1.82) is 5.26 Å². The van der Waals surface area contributed by atoms with Gasteiger partial charge in [0.05, 0.1) is 19.8 Å². The number of nitriles is 1. The fraction of sp³-hybridized carbons (Fsp3) is 0.273. The molecule has 0 amide bonds. The van der Waals surface area contributed by atoms with Crippen molar-refractivity contribution in [1.82, 2.24) is 0 Å². The van der Waals surface area contributed by atoms with Crippen molar-refractivity contribution in [3.63, 3.8) is 0 Å². The maximum atomic E-state index is 12.2. The predicted molar refractivity (Wildman–Crippen MR) is 55.7 cm³/mol. The number of hydrogen-bond donors (Lipinski definition) is 0. The molecule has 0 fully saturated rings. The molecule has 5 nitrogen and oxygen atoms in total. The first-order valence-corrected chi connectivity index (χ1v) is 4.78. The number of esters is 1. The number of benzene rings is 1. The van der Waals surface area contributed by atoms with Crippen LogP contribution >= 0.6 is 0 Å². The van der Waals surface area contributed by atoms with E-state index in [0.29, 0.717) is 0 Å². The van der Waals surface area contributed by atoms with Crippen molar-refractivity contribution in [2.45, 2.75) is 6.36 Å². The third kappa shape index (κ3) is 3.51. The van der Waals surface area contributed by atoms with Gasteiger partial charge in [0.25, 0.3) is 0 Å². The van der Waals surface area contributed by atoms with Crippen LogP contribution in [-0.2, 0) is 4.74 Å². The first kappa shape index (κ1) is 14.6. The average molecular weight is 275 g/mol. The predicted octanol–water partition coefficient (Wildman–Crippen LogP) is 2.25. The van der Waals surface area contributed by atoms with Crippen molar-refractivity contribution in [3.8, 4) is 17.6 Å². The molecule has 0 aromatic heterocycles. The fourth-order valence-corrected chi connectivity index (χ4v) is 1.30. The molecule has 0 unspecified atom stereocenters. The number of halogens is 3. The summed E-state index contributed by atoms with van der Waals surface area (Å²) >= 11 is 0. The van der Waals surface area contributed by atoms with Gasteiger partial charge in [-0.1, -0.05) is 0 Å². The number of alkyl halides is 3. The molecule has 0 aliphatic carbocycles. The highest BCUT2D eigenvalue weighted by Crippen LogP contribution is 2.32. The summed E-state index contributed by atoms with van der Waals surface area (Å²) in [5, 5.41) is 8.77. The van der Waals surface area contributed by atoms with Gasteiger partial charge in [-0.2, -0.15) is 5.26 Å². The van der Waals surface area contributed by atoms with E-state index in [9.17, 15) is 18.0 Å². The lowest BCUT2D eigenvalue weighted by Crippen LogP contribution is -2.18. The van der Waals surface area contributed by atoms with E-state index in [-0.39, 0.29) is 11.3 Å². The normalized spacial score (nSPS) is 10.5. The van der Waals surface area contributed by atoms with Gasteiger partial charge in [0, 0.05) is 6.07 Å². The molecular weight excluding hydrogens is 267 g/mol. The van der Waals surface area contributed by atoms with Crippen LogP contribution < -0.4 is 9.47 Å². The van der Waals surface area contributed by atoms with Crippen LogP contribution in [0.15, 0.2) is 12.1 Å². The summed E-state index contributed by atoms with van der Waals surface area (Å²) in [5.74, 6) is -1.78. The molecule has 0 saturated carbocycles. The lowest BCUT2D eigenvalue weighted by Gasteiger charge is -2.13. The molecule has 0 atom stereocenters. The summed E-state index contributed by atoms with van der Waals surface area (Å²) in [6, 6.07) is 3.21. The molecular formula is C11H8F3NO4. The van der Waals surface area contributed by atoms with Crippen LogP contribution in [0.25, 0.3) is 0 Å². The minimum Gasteiger partial charge on any atom is -0.496 e. The maximum absolute atomic E-state index is 12.2. The average Bonchev–Trinajstić information content (AvgIpc) is 2.35. The van der Waals surface area contributed by atoms with Crippen LogP contribution in [-0.4, -0.2) is 26.6 Å². The quantitative estimate of drug-likeness (QED) is 0.791. The van der Waals surface area contributed by atoms with Gasteiger partial charge in [-0.25, -0.2) is 4.79 Å². The molecule has 0 radical (unpaired) electrons. The van der Waals surface area contributed by atoms with Gasteiger partial charge in [0.15, 0.2) is 5.75 Å². The van der Waals surface area contributed by atoms with Gasteiger partial charge in [-0.15, -0.1) is 13.2 Å². The minimum atomic E-state index is -4.95. The molecule has 0 saturated heterocycles. The van der Waals surface area contributed by atoms with Crippen molar-refractivity contribution in [2.24, 2.45) is 0 Å². The lowest BCUT2D eigenvalue weighted by atomic mass is 10.1. The van der Waals surface area contributed by atoms with E-state index >= 15 is 0 Å². The summed E-state index contributed by atoms with van der Waals surface area (Å²) in [6.07, 6.45) is -4.95. The molecule has 0 N–H and O–H groups in total. The highest BCUT2D eigenvalue weighted by molar-refractivity contribution is 5.93. The standard InChI is InChI=1S/C11H8F3NO4/c1-17-9-4-8(19-11(12,13)14)6(5-15)3-7(9)10(16)18-2/h3-4H,1-2H3. The highest BCUT2D eigenvalue weighted by atomic mass is 19.4. The van der Waals surface area contributed by atoms with Gasteiger partial charge in [0.2, 0.25) is 0 Å². The Kier molecular flexibility index (Phi) is 4.22. The Morgan fingerprint density at radius 2 is 1.89 bits per heavy atom. The molecule has 1 aromatic rings. The number of nitrogens with zero attached hydrogens (tertiary/aromatic N) is 1. The molecule has 1 rings (SSSR count). The van der Waals surface area contributed by atoms with E-state index in [2.05, 4.69) is 9.47 Å². The van der Waals surface area contributed by atoms with Crippen molar-refractivity contribution in [3.05, 3.63) is 23.3 Å². The largest absolute Gasteiger partial charge is 0.573 e. The molecule has 0 aliphatic heterocycles. The zero-order valence-electron chi connectivity index (χ0n) is 9.87. The molecule has 102 valence electrons. The Hall–Kier alpha value is -2.43. The van der Waals surface area contributed by atoms with Crippen molar-refractivity contribution in [2.75, 3.05) is 14.2 Å². The first-order valence-electron chi connectivity index (χ1n) is 4.78. The van der Waals surface area contributed by atoms with E-state index < -0.39 is 23.6 Å². The summed E-state index contributed by atoms with van der Waals surface area (Å²) in [6.45, 7) is 0. The number of carbonyl (C=O) groups excluding carboxylic acids is 1. The van der Waals surface area contributed by atoms with Crippen LogP contribution in [0.5, 0.6) is 11.5 Å². The Bertz CT molecular complexity index is 534. The van der Waals surface area contributed by atoms with Crippen LogP contribution in [0, 0.1) is 11.3 Å². The van der Waals surface area contributed by atoms with Crippen LogP contribution in [0.3, 0.4) is 0 Å². The highest BCUT2D eigenvalue weighted by Gasteiger charge is 2.33. The molecule has 0 heterocycles. The number of methoxy groups -OCH3 is 2. The second-order valence-corrected chi connectivity index (χ2v) is 3.20. The SMILES string of the molecule is COC(=O)c1cc(C#N)c(OC(F)(F)F)cc1OC. The van der Waals surface area contributed by atoms with Gasteiger partial charge >= 0.3 is 12.3 Å². The van der Waals surface area contributed by atoms with Crippen LogP contribution in [0.1, 0.15) is 15.9 Å². The minimum absolute atomic E-state index is 0.170. The van der Waals surface area contributed by atoms with Gasteiger partial charge in [0.1, 0.15) is 17.4 Å². The molecule has 8 heteroatoms. The zero-order chi connectivity index (χ0) is 14.6. The number of carbonyl (C=O) groups is 1. The summed E-state index contributed by atoms with van der Waals surface area (Å²) in [4.78, 5) is 11.4. The van der Waals surface area contributed by atoms with Gasteiger partial charge in [-0.05, 0) is 6.07 Å². The second-order valence-electron chi connectivity index (χ2n) is 3.20. The fourth-order valence-electron chi connectivity index (χ4n) is 1.30. The Labute approximate surface area is 106 Å². The molecule has 0 aliphatic rings. The van der Waals surface area contributed by atoms with E-state index in [1.807, 2.05) is 0 Å². The first-order chi connectivity index (χ1) is 8.82. The molecule has 0 bridgehead atoms. The third-order valence-corrected chi connectivity index (χ3v) is 2.05. The summed E-state index contributed by atoms with van der Waals surface area (Å²) in [7, 11) is 2.25.